The summed E-state index contributed by atoms with van der Waals surface area (Å²) in [6.07, 6.45) is 11.4. The van der Waals surface area contributed by atoms with Crippen LogP contribution in [0.2, 0.25) is 0 Å². The Morgan fingerprint density at radius 1 is 0.875 bits per heavy atom. The lowest BCUT2D eigenvalue weighted by Gasteiger charge is -2.37. The number of pyridine rings is 1. The maximum atomic E-state index is 4.66. The Hall–Kier alpha value is -2.44. The average Bonchev–Trinajstić information content (AvgIpc) is 3.26. The average molecular weight is 433 g/mol. The Labute approximate surface area is 191 Å². The molecule has 32 heavy (non-hydrogen) atoms. The number of likely N-dealkylation sites (N-methyl/N-ethyl adjacent to an activating group) is 1. The quantitative estimate of drug-likeness (QED) is 0.636. The number of aryl methyl sites for hydroxylation is 1. The second kappa shape index (κ2) is 9.59. The Bertz CT molecular complexity index is 1030. The Kier molecular flexibility index (Phi) is 6.42. The van der Waals surface area contributed by atoms with Crippen molar-refractivity contribution in [3.8, 4) is 11.1 Å². The van der Waals surface area contributed by atoms with Crippen LogP contribution in [0.25, 0.3) is 21.9 Å². The van der Waals surface area contributed by atoms with E-state index >= 15 is 0 Å². The van der Waals surface area contributed by atoms with Gasteiger partial charge in [-0.15, -0.1) is 0 Å². The van der Waals surface area contributed by atoms with Gasteiger partial charge in [-0.2, -0.15) is 5.10 Å². The monoisotopic (exact) mass is 432 g/mol. The molecule has 2 aromatic heterocycles. The lowest BCUT2D eigenvalue weighted by atomic mass is 9.81. The van der Waals surface area contributed by atoms with Crippen LogP contribution < -0.4 is 5.32 Å². The van der Waals surface area contributed by atoms with Gasteiger partial charge in [0.2, 0.25) is 0 Å². The Morgan fingerprint density at radius 2 is 1.66 bits per heavy atom. The molecule has 5 rings (SSSR count). The summed E-state index contributed by atoms with van der Waals surface area (Å²) < 4.78 is 1.85. The number of fused-ring (bicyclic) bond motifs is 1. The summed E-state index contributed by atoms with van der Waals surface area (Å²) in [5, 5.41) is 10.3. The molecule has 1 aromatic carbocycles. The molecular formula is C26H36N6. The van der Waals surface area contributed by atoms with Gasteiger partial charge in [-0.1, -0.05) is 12.1 Å². The Balaban J connectivity index is 1.13. The molecule has 2 aliphatic rings. The molecule has 0 radical (unpaired) electrons. The third-order valence-corrected chi connectivity index (χ3v) is 7.41. The van der Waals surface area contributed by atoms with E-state index in [2.05, 4.69) is 62.7 Å². The zero-order valence-electron chi connectivity index (χ0n) is 19.5. The van der Waals surface area contributed by atoms with Crippen LogP contribution in [-0.2, 0) is 7.05 Å². The molecule has 1 saturated carbocycles. The van der Waals surface area contributed by atoms with E-state index < -0.39 is 0 Å². The number of benzene rings is 1. The van der Waals surface area contributed by atoms with Crippen molar-refractivity contribution in [3.05, 3.63) is 42.9 Å². The maximum Gasteiger partial charge on any atom is 0.126 e. The lowest BCUT2D eigenvalue weighted by Crippen LogP contribution is -2.46. The van der Waals surface area contributed by atoms with Gasteiger partial charge in [-0.3, -0.25) is 4.68 Å². The molecule has 1 saturated heterocycles. The van der Waals surface area contributed by atoms with Crippen molar-refractivity contribution in [2.75, 3.05) is 51.6 Å². The summed E-state index contributed by atoms with van der Waals surface area (Å²) in [4.78, 5) is 9.78. The SMILES string of the molecule is CN1CCN(CC2CCC(CNc3cc4cc(-c5cnn(C)c5)ccc4cn3)CC2)CC1. The van der Waals surface area contributed by atoms with Gasteiger partial charge in [0.05, 0.1) is 6.20 Å². The predicted molar refractivity (Wildman–Crippen MR) is 132 cm³/mol. The minimum Gasteiger partial charge on any atom is -0.370 e. The minimum absolute atomic E-state index is 0.762. The number of aromatic nitrogens is 3. The zero-order chi connectivity index (χ0) is 21.9. The van der Waals surface area contributed by atoms with E-state index in [0.717, 1.165) is 29.8 Å². The van der Waals surface area contributed by atoms with Crippen molar-refractivity contribution < 1.29 is 0 Å². The number of rotatable bonds is 6. The first-order valence-corrected chi connectivity index (χ1v) is 12.2. The van der Waals surface area contributed by atoms with Crippen LogP contribution in [0.5, 0.6) is 0 Å². The Morgan fingerprint density at radius 3 is 2.41 bits per heavy atom. The molecule has 0 unspecified atom stereocenters. The first-order valence-electron chi connectivity index (χ1n) is 12.2. The smallest absolute Gasteiger partial charge is 0.126 e. The molecule has 0 bridgehead atoms. The topological polar surface area (TPSA) is 49.2 Å². The van der Waals surface area contributed by atoms with Gasteiger partial charge in [0.1, 0.15) is 5.82 Å². The van der Waals surface area contributed by atoms with Crippen molar-refractivity contribution in [1.82, 2.24) is 24.6 Å². The number of hydrogen-bond donors (Lipinski definition) is 1. The predicted octanol–water partition coefficient (Wildman–Crippen LogP) is 4.10. The third kappa shape index (κ3) is 5.13. The standard InChI is InChI=1S/C26H36N6/c1-30-9-11-32(12-10-30)18-21-5-3-20(4-6-21)15-27-26-14-24-13-22(7-8-23(24)16-28-26)25-17-29-31(2)19-25/h7-8,13-14,16-17,19-21H,3-6,9-12,15,18H2,1-2H3,(H,27,28). The number of nitrogens with zero attached hydrogens (tertiary/aromatic N) is 5. The first kappa shape index (κ1) is 21.4. The van der Waals surface area contributed by atoms with E-state index in [4.69, 9.17) is 0 Å². The fraction of sp³-hybridized carbons (Fsp3) is 0.538. The number of hydrogen-bond acceptors (Lipinski definition) is 5. The van der Waals surface area contributed by atoms with Crippen LogP contribution in [0.4, 0.5) is 5.82 Å². The highest BCUT2D eigenvalue weighted by Crippen LogP contribution is 2.30. The summed E-state index contributed by atoms with van der Waals surface area (Å²) in [5.41, 5.74) is 2.34. The van der Waals surface area contributed by atoms with Crippen LogP contribution >= 0.6 is 0 Å². The van der Waals surface area contributed by atoms with Crippen molar-refractivity contribution in [3.63, 3.8) is 0 Å². The molecule has 1 N–H and O–H groups in total. The van der Waals surface area contributed by atoms with Gasteiger partial charge in [0, 0.05) is 69.7 Å². The largest absolute Gasteiger partial charge is 0.370 e. The second-order valence-corrected chi connectivity index (χ2v) is 9.91. The van der Waals surface area contributed by atoms with Crippen LogP contribution in [0.1, 0.15) is 25.7 Å². The number of anilines is 1. The molecular weight excluding hydrogens is 396 g/mol. The van der Waals surface area contributed by atoms with Crippen LogP contribution in [-0.4, -0.2) is 70.9 Å². The van der Waals surface area contributed by atoms with E-state index in [0.29, 0.717) is 0 Å². The van der Waals surface area contributed by atoms with E-state index in [1.807, 2.05) is 24.1 Å². The molecule has 3 aromatic rings. The van der Waals surface area contributed by atoms with Gasteiger partial charge >= 0.3 is 0 Å². The molecule has 0 atom stereocenters. The maximum absolute atomic E-state index is 4.66. The third-order valence-electron chi connectivity index (χ3n) is 7.41. The second-order valence-electron chi connectivity index (χ2n) is 9.91. The minimum atomic E-state index is 0.762. The molecule has 6 nitrogen and oxygen atoms in total. The summed E-state index contributed by atoms with van der Waals surface area (Å²) in [6, 6.07) is 8.72. The van der Waals surface area contributed by atoms with Crippen molar-refractivity contribution in [2.24, 2.45) is 18.9 Å². The van der Waals surface area contributed by atoms with Gasteiger partial charge in [0.15, 0.2) is 0 Å². The van der Waals surface area contributed by atoms with Crippen LogP contribution in [0.3, 0.4) is 0 Å². The van der Waals surface area contributed by atoms with Crippen LogP contribution in [0.15, 0.2) is 42.9 Å². The van der Waals surface area contributed by atoms with Crippen molar-refractivity contribution in [2.45, 2.75) is 25.7 Å². The molecule has 1 aliphatic carbocycles. The number of piperazine rings is 1. The van der Waals surface area contributed by atoms with Gasteiger partial charge in [0.25, 0.3) is 0 Å². The van der Waals surface area contributed by atoms with Gasteiger partial charge < -0.3 is 15.1 Å². The van der Waals surface area contributed by atoms with Crippen molar-refractivity contribution in [1.29, 1.82) is 0 Å². The van der Waals surface area contributed by atoms with E-state index in [1.54, 1.807) is 0 Å². The fourth-order valence-electron chi connectivity index (χ4n) is 5.25. The van der Waals surface area contributed by atoms with Gasteiger partial charge in [-0.25, -0.2) is 4.98 Å². The summed E-state index contributed by atoms with van der Waals surface area (Å²) in [5.74, 6) is 2.64. The first-order chi connectivity index (χ1) is 15.6. The van der Waals surface area contributed by atoms with E-state index in [1.165, 1.54) is 74.7 Å². The highest BCUT2D eigenvalue weighted by molar-refractivity contribution is 5.88. The molecule has 0 amide bonds. The lowest BCUT2D eigenvalue weighted by molar-refractivity contribution is 0.120. The van der Waals surface area contributed by atoms with E-state index in [-0.39, 0.29) is 0 Å². The van der Waals surface area contributed by atoms with Gasteiger partial charge in [-0.05, 0) is 67.6 Å². The van der Waals surface area contributed by atoms with Crippen LogP contribution in [0, 0.1) is 11.8 Å². The molecule has 6 heteroatoms. The van der Waals surface area contributed by atoms with E-state index in [9.17, 15) is 0 Å². The highest BCUT2D eigenvalue weighted by atomic mass is 15.2. The molecule has 2 fully saturated rings. The molecule has 1 aliphatic heterocycles. The summed E-state index contributed by atoms with van der Waals surface area (Å²) in [7, 11) is 4.19. The zero-order valence-corrected chi connectivity index (χ0v) is 19.5. The number of nitrogens with one attached hydrogen (secondary N) is 1. The molecule has 170 valence electrons. The fourth-order valence-corrected chi connectivity index (χ4v) is 5.25. The molecule has 0 spiro atoms. The normalized spacial score (nSPS) is 22.9. The summed E-state index contributed by atoms with van der Waals surface area (Å²) >= 11 is 0. The highest BCUT2D eigenvalue weighted by Gasteiger charge is 2.24. The summed E-state index contributed by atoms with van der Waals surface area (Å²) in [6.45, 7) is 7.27. The van der Waals surface area contributed by atoms with Crippen molar-refractivity contribution >= 4 is 16.6 Å². The molecule has 3 heterocycles.